The van der Waals surface area contributed by atoms with Crippen molar-refractivity contribution in [2.24, 2.45) is 0 Å². The third-order valence-electron chi connectivity index (χ3n) is 7.45. The maximum atomic E-state index is 14.1. The highest BCUT2D eigenvalue weighted by atomic mass is 35.5. The first-order valence-corrected chi connectivity index (χ1v) is 15.5. The number of amides is 2. The number of nitrogens with zero attached hydrogens (tertiary/aromatic N) is 2. The number of rotatable bonds is 11. The Labute approximate surface area is 247 Å². The zero-order valence-corrected chi connectivity index (χ0v) is 25.1. The molecule has 1 fully saturated rings. The van der Waals surface area contributed by atoms with E-state index in [0.717, 1.165) is 35.6 Å². The standard InChI is InChI=1S/C31H36ClN3O5S/c1-22-8-4-7-11-29(22)35(41(38,39)28-18-14-25(32)15-19-28)21-30(36)34(20-24-12-16-27(40-3)17-13-24)23(2)31(37)33-26-9-5-6-10-26/h4,7-8,11-19,23,26H,5-6,9-10,20-21H2,1-3H3,(H,33,37). The number of ether oxygens (including phenoxy) is 1. The summed E-state index contributed by atoms with van der Waals surface area (Å²) >= 11 is 6.02. The lowest BCUT2D eigenvalue weighted by Gasteiger charge is -2.33. The summed E-state index contributed by atoms with van der Waals surface area (Å²) in [5.74, 6) is -0.101. The van der Waals surface area contributed by atoms with Crippen LogP contribution >= 0.6 is 11.6 Å². The number of hydrogen-bond donors (Lipinski definition) is 1. The molecule has 1 atom stereocenters. The average Bonchev–Trinajstić information content (AvgIpc) is 3.48. The highest BCUT2D eigenvalue weighted by molar-refractivity contribution is 7.92. The zero-order valence-electron chi connectivity index (χ0n) is 23.5. The summed E-state index contributed by atoms with van der Waals surface area (Å²) < 4.78 is 34.2. The summed E-state index contributed by atoms with van der Waals surface area (Å²) in [6, 6.07) is 19.3. The molecule has 0 bridgehead atoms. The van der Waals surface area contributed by atoms with E-state index in [4.69, 9.17) is 16.3 Å². The second-order valence-electron chi connectivity index (χ2n) is 10.3. The lowest BCUT2D eigenvalue weighted by molar-refractivity contribution is -0.139. The van der Waals surface area contributed by atoms with Crippen LogP contribution < -0.4 is 14.4 Å². The van der Waals surface area contributed by atoms with Crippen LogP contribution in [0, 0.1) is 6.92 Å². The van der Waals surface area contributed by atoms with Crippen molar-refractivity contribution >= 4 is 39.1 Å². The summed E-state index contributed by atoms with van der Waals surface area (Å²) in [6.45, 7) is 3.09. The molecule has 3 aromatic carbocycles. The number of hydrogen-bond acceptors (Lipinski definition) is 5. The van der Waals surface area contributed by atoms with E-state index in [1.54, 1.807) is 57.4 Å². The van der Waals surface area contributed by atoms with Gasteiger partial charge in [0.15, 0.2) is 0 Å². The van der Waals surface area contributed by atoms with Gasteiger partial charge in [-0.25, -0.2) is 8.42 Å². The SMILES string of the molecule is COc1ccc(CN(C(=O)CN(c2ccccc2C)S(=O)(=O)c2ccc(Cl)cc2)C(C)C(=O)NC2CCCC2)cc1. The van der Waals surface area contributed by atoms with Gasteiger partial charge >= 0.3 is 0 Å². The molecule has 1 aliphatic rings. The smallest absolute Gasteiger partial charge is 0.264 e. The maximum Gasteiger partial charge on any atom is 0.264 e. The number of carbonyl (C=O) groups is 2. The fourth-order valence-electron chi connectivity index (χ4n) is 4.99. The number of anilines is 1. The number of para-hydroxylation sites is 1. The van der Waals surface area contributed by atoms with Gasteiger partial charge in [-0.1, -0.05) is 54.8 Å². The van der Waals surface area contributed by atoms with Gasteiger partial charge in [0.2, 0.25) is 11.8 Å². The molecule has 0 heterocycles. The molecule has 0 aliphatic heterocycles. The van der Waals surface area contributed by atoms with E-state index < -0.39 is 28.5 Å². The molecule has 41 heavy (non-hydrogen) atoms. The van der Waals surface area contributed by atoms with Crippen molar-refractivity contribution in [3.63, 3.8) is 0 Å². The third-order valence-corrected chi connectivity index (χ3v) is 9.47. The van der Waals surface area contributed by atoms with E-state index in [1.807, 2.05) is 12.1 Å². The van der Waals surface area contributed by atoms with E-state index in [1.165, 1.54) is 29.2 Å². The number of methoxy groups -OCH3 is 1. The summed E-state index contributed by atoms with van der Waals surface area (Å²) in [7, 11) is -2.59. The van der Waals surface area contributed by atoms with Gasteiger partial charge in [-0.15, -0.1) is 0 Å². The molecule has 8 nitrogen and oxygen atoms in total. The minimum atomic E-state index is -4.16. The van der Waals surface area contributed by atoms with Crippen LogP contribution in [0.15, 0.2) is 77.7 Å². The predicted molar refractivity (Wildman–Crippen MR) is 161 cm³/mol. The number of sulfonamides is 1. The molecule has 0 saturated heterocycles. The molecular weight excluding hydrogens is 562 g/mol. The van der Waals surface area contributed by atoms with Crippen LogP contribution in [0.3, 0.4) is 0 Å². The van der Waals surface area contributed by atoms with Crippen LogP contribution in [0.1, 0.15) is 43.7 Å². The van der Waals surface area contributed by atoms with Crippen molar-refractivity contribution in [1.29, 1.82) is 0 Å². The van der Waals surface area contributed by atoms with Crippen LogP contribution in [-0.2, 0) is 26.2 Å². The van der Waals surface area contributed by atoms with Gasteiger partial charge in [0, 0.05) is 17.6 Å². The Kier molecular flexibility index (Phi) is 9.94. The average molecular weight is 598 g/mol. The Bertz CT molecular complexity index is 1460. The van der Waals surface area contributed by atoms with Gasteiger partial charge in [0.05, 0.1) is 17.7 Å². The van der Waals surface area contributed by atoms with Crippen LogP contribution in [0.2, 0.25) is 5.02 Å². The van der Waals surface area contributed by atoms with Crippen molar-refractivity contribution in [1.82, 2.24) is 10.2 Å². The molecule has 0 aromatic heterocycles. The highest BCUT2D eigenvalue weighted by Gasteiger charge is 2.33. The van der Waals surface area contributed by atoms with Crippen LogP contribution in [0.5, 0.6) is 5.75 Å². The molecule has 0 radical (unpaired) electrons. The molecule has 1 N–H and O–H groups in total. The molecule has 10 heteroatoms. The quantitative estimate of drug-likeness (QED) is 0.322. The second-order valence-corrected chi connectivity index (χ2v) is 12.6. The molecule has 0 spiro atoms. The molecule has 1 saturated carbocycles. The Balaban J connectivity index is 1.69. The number of nitrogens with one attached hydrogen (secondary N) is 1. The first-order chi connectivity index (χ1) is 19.6. The number of aryl methyl sites for hydroxylation is 1. The van der Waals surface area contributed by atoms with E-state index in [9.17, 15) is 18.0 Å². The second kappa shape index (κ2) is 13.4. The summed E-state index contributed by atoms with van der Waals surface area (Å²) in [4.78, 5) is 28.8. The van der Waals surface area contributed by atoms with Gasteiger partial charge in [-0.05, 0) is 80.3 Å². The van der Waals surface area contributed by atoms with Crippen molar-refractivity contribution in [2.45, 2.75) is 63.1 Å². The van der Waals surface area contributed by atoms with E-state index >= 15 is 0 Å². The number of carbonyl (C=O) groups excluding carboxylic acids is 2. The largest absolute Gasteiger partial charge is 0.497 e. The topological polar surface area (TPSA) is 96.0 Å². The van der Waals surface area contributed by atoms with Gasteiger partial charge in [-0.2, -0.15) is 0 Å². The Morgan fingerprint density at radius 3 is 2.24 bits per heavy atom. The van der Waals surface area contributed by atoms with Gasteiger partial charge in [0.1, 0.15) is 18.3 Å². The number of benzene rings is 3. The summed E-state index contributed by atoms with van der Waals surface area (Å²) in [5, 5.41) is 3.47. The third kappa shape index (κ3) is 7.40. The van der Waals surface area contributed by atoms with E-state index in [-0.39, 0.29) is 23.4 Å². The maximum absolute atomic E-state index is 14.1. The monoisotopic (exact) mass is 597 g/mol. The summed E-state index contributed by atoms with van der Waals surface area (Å²) in [5.41, 5.74) is 1.84. The number of halogens is 1. The highest BCUT2D eigenvalue weighted by Crippen LogP contribution is 2.28. The van der Waals surface area contributed by atoms with Gasteiger partial charge in [-0.3, -0.25) is 13.9 Å². The molecule has 1 unspecified atom stereocenters. The minimum absolute atomic E-state index is 0.00619. The Morgan fingerprint density at radius 1 is 1.00 bits per heavy atom. The molecule has 1 aliphatic carbocycles. The summed E-state index contributed by atoms with van der Waals surface area (Å²) in [6.07, 6.45) is 3.93. The zero-order chi connectivity index (χ0) is 29.6. The van der Waals surface area contributed by atoms with Crippen molar-refractivity contribution < 1.29 is 22.7 Å². The lowest BCUT2D eigenvalue weighted by atomic mass is 10.1. The fourth-order valence-corrected chi connectivity index (χ4v) is 6.60. The van der Waals surface area contributed by atoms with E-state index in [2.05, 4.69) is 5.32 Å². The molecule has 4 rings (SSSR count). The van der Waals surface area contributed by atoms with Crippen LogP contribution in [-0.4, -0.2) is 50.9 Å². The van der Waals surface area contributed by atoms with Crippen molar-refractivity contribution in [3.8, 4) is 5.75 Å². The molecule has 2 amide bonds. The first-order valence-electron chi connectivity index (χ1n) is 13.7. The van der Waals surface area contributed by atoms with Gasteiger partial charge in [0.25, 0.3) is 10.0 Å². The molecule has 3 aromatic rings. The van der Waals surface area contributed by atoms with Crippen molar-refractivity contribution in [2.75, 3.05) is 18.0 Å². The molecular formula is C31H36ClN3O5S. The fraction of sp³-hybridized carbons (Fsp3) is 0.355. The van der Waals surface area contributed by atoms with Gasteiger partial charge < -0.3 is 15.0 Å². The van der Waals surface area contributed by atoms with Crippen LogP contribution in [0.4, 0.5) is 5.69 Å². The minimum Gasteiger partial charge on any atom is -0.497 e. The Morgan fingerprint density at radius 2 is 1.63 bits per heavy atom. The van der Waals surface area contributed by atoms with E-state index in [0.29, 0.717) is 22.0 Å². The normalized spacial score (nSPS) is 14.3. The van der Waals surface area contributed by atoms with Crippen LogP contribution in [0.25, 0.3) is 0 Å². The lowest BCUT2D eigenvalue weighted by Crippen LogP contribution is -2.52. The van der Waals surface area contributed by atoms with Crippen molar-refractivity contribution in [3.05, 3.63) is 88.9 Å². The molecule has 218 valence electrons. The Hall–Kier alpha value is -3.56. The predicted octanol–water partition coefficient (Wildman–Crippen LogP) is 5.33. The first kappa shape index (κ1) is 30.4.